The van der Waals surface area contributed by atoms with Gasteiger partial charge < -0.3 is 15.4 Å². The number of nitrogens with one attached hydrogen (secondary N) is 2. The first-order valence-electron chi connectivity index (χ1n) is 8.74. The monoisotopic (exact) mass is 446 g/mol. The summed E-state index contributed by atoms with van der Waals surface area (Å²) in [6, 6.07) is 3.96. The van der Waals surface area contributed by atoms with Crippen molar-refractivity contribution in [1.29, 1.82) is 0 Å². The Bertz CT molecular complexity index is 515. The van der Waals surface area contributed by atoms with Crippen LogP contribution in [0, 0.1) is 5.41 Å². The number of pyridine rings is 1. The lowest BCUT2D eigenvalue weighted by atomic mass is 9.83. The van der Waals surface area contributed by atoms with Crippen molar-refractivity contribution >= 4 is 29.9 Å². The summed E-state index contributed by atoms with van der Waals surface area (Å²) in [5, 5.41) is 6.87. The summed E-state index contributed by atoms with van der Waals surface area (Å²) in [4.78, 5) is 8.62. The van der Waals surface area contributed by atoms with Gasteiger partial charge >= 0.3 is 0 Å². The van der Waals surface area contributed by atoms with Crippen LogP contribution < -0.4 is 15.4 Å². The highest BCUT2D eigenvalue weighted by molar-refractivity contribution is 14.0. The Morgan fingerprint density at radius 1 is 1.29 bits per heavy atom. The van der Waals surface area contributed by atoms with Gasteiger partial charge in [-0.15, -0.1) is 24.0 Å². The molecule has 0 atom stereocenters. The molecule has 1 aromatic heterocycles. The van der Waals surface area contributed by atoms with Crippen LogP contribution in [0.4, 0.5) is 0 Å². The van der Waals surface area contributed by atoms with Gasteiger partial charge in [0.1, 0.15) is 0 Å². The Kier molecular flexibility index (Phi) is 9.39. The van der Waals surface area contributed by atoms with Gasteiger partial charge in [0, 0.05) is 31.9 Å². The van der Waals surface area contributed by atoms with Crippen LogP contribution in [0.25, 0.3) is 0 Å². The third-order valence-corrected chi connectivity index (χ3v) is 4.85. The van der Waals surface area contributed by atoms with Gasteiger partial charge in [-0.05, 0) is 37.7 Å². The fourth-order valence-corrected chi connectivity index (χ4v) is 3.28. The summed E-state index contributed by atoms with van der Waals surface area (Å²) < 4.78 is 5.57. The van der Waals surface area contributed by atoms with Crippen molar-refractivity contribution in [2.75, 3.05) is 20.2 Å². The largest absolute Gasteiger partial charge is 0.478 e. The average Bonchev–Trinajstić information content (AvgIpc) is 3.06. The molecule has 24 heavy (non-hydrogen) atoms. The Morgan fingerprint density at radius 3 is 2.67 bits per heavy atom. The second-order valence-electron chi connectivity index (χ2n) is 6.24. The van der Waals surface area contributed by atoms with Gasteiger partial charge in [0.05, 0.1) is 6.61 Å². The normalized spacial score (nSPS) is 16.4. The van der Waals surface area contributed by atoms with Crippen LogP contribution in [-0.2, 0) is 6.54 Å². The lowest BCUT2D eigenvalue weighted by Crippen LogP contribution is -2.42. The molecule has 2 N–H and O–H groups in total. The maximum Gasteiger partial charge on any atom is 0.218 e. The van der Waals surface area contributed by atoms with Crippen molar-refractivity contribution in [1.82, 2.24) is 15.6 Å². The Morgan fingerprint density at radius 2 is 2.04 bits per heavy atom. The van der Waals surface area contributed by atoms with Crippen molar-refractivity contribution < 1.29 is 4.74 Å². The molecule has 0 spiro atoms. The van der Waals surface area contributed by atoms with Crippen molar-refractivity contribution in [2.24, 2.45) is 10.4 Å². The van der Waals surface area contributed by atoms with Gasteiger partial charge in [0.15, 0.2) is 5.96 Å². The lowest BCUT2D eigenvalue weighted by molar-refractivity contribution is 0.283. The second kappa shape index (κ2) is 10.7. The minimum absolute atomic E-state index is 0. The number of rotatable bonds is 7. The number of hydrogen-bond acceptors (Lipinski definition) is 3. The van der Waals surface area contributed by atoms with Crippen molar-refractivity contribution in [3.05, 3.63) is 23.9 Å². The molecule has 1 heterocycles. The number of hydrogen-bond donors (Lipinski definition) is 2. The predicted octanol–water partition coefficient (Wildman–Crippen LogP) is 3.73. The van der Waals surface area contributed by atoms with E-state index in [2.05, 4.69) is 27.5 Å². The number of nitrogens with zero attached hydrogens (tertiary/aromatic N) is 2. The standard InChI is InChI=1S/C18H30N4O.HI/c1-4-18(10-6-7-11-18)14-22-17(19-3)21-13-15-9-8-12-20-16(15)23-5-2;/h8-9,12H,4-7,10-11,13-14H2,1-3H3,(H2,19,21,22);1H. The van der Waals surface area contributed by atoms with Gasteiger partial charge in [-0.25, -0.2) is 4.98 Å². The van der Waals surface area contributed by atoms with E-state index in [4.69, 9.17) is 4.74 Å². The molecular weight excluding hydrogens is 415 g/mol. The lowest BCUT2D eigenvalue weighted by Gasteiger charge is -2.28. The average molecular weight is 446 g/mol. The van der Waals surface area contributed by atoms with E-state index >= 15 is 0 Å². The molecule has 1 aromatic rings. The van der Waals surface area contributed by atoms with Crippen LogP contribution >= 0.6 is 24.0 Å². The second-order valence-corrected chi connectivity index (χ2v) is 6.24. The van der Waals surface area contributed by atoms with E-state index in [1.165, 1.54) is 32.1 Å². The minimum Gasteiger partial charge on any atom is -0.478 e. The molecule has 0 bridgehead atoms. The Balaban J connectivity index is 0.00000288. The number of ether oxygens (including phenoxy) is 1. The summed E-state index contributed by atoms with van der Waals surface area (Å²) in [5.74, 6) is 1.54. The Labute approximate surface area is 163 Å². The van der Waals surface area contributed by atoms with E-state index in [9.17, 15) is 0 Å². The quantitative estimate of drug-likeness (QED) is 0.381. The van der Waals surface area contributed by atoms with E-state index in [-0.39, 0.29) is 24.0 Å². The minimum atomic E-state index is 0. The van der Waals surface area contributed by atoms with Crippen molar-refractivity contribution in [2.45, 2.75) is 52.5 Å². The van der Waals surface area contributed by atoms with Crippen molar-refractivity contribution in [3.63, 3.8) is 0 Å². The molecule has 1 fully saturated rings. The molecule has 0 aliphatic heterocycles. The van der Waals surface area contributed by atoms with Gasteiger partial charge in [0.25, 0.3) is 0 Å². The molecule has 6 heteroatoms. The van der Waals surface area contributed by atoms with Gasteiger partial charge in [-0.2, -0.15) is 0 Å². The number of aliphatic imine (C=N–C) groups is 1. The summed E-state index contributed by atoms with van der Waals surface area (Å²) in [6.07, 6.45) is 8.35. The molecule has 0 saturated heterocycles. The predicted molar refractivity (Wildman–Crippen MR) is 110 cm³/mol. The summed E-state index contributed by atoms with van der Waals surface area (Å²) in [7, 11) is 1.81. The summed E-state index contributed by atoms with van der Waals surface area (Å²) in [5.41, 5.74) is 1.49. The van der Waals surface area contributed by atoms with Crippen LogP contribution in [0.5, 0.6) is 5.88 Å². The molecule has 136 valence electrons. The van der Waals surface area contributed by atoms with Gasteiger partial charge in [0.2, 0.25) is 5.88 Å². The number of halogens is 1. The molecule has 5 nitrogen and oxygen atoms in total. The molecule has 1 aliphatic rings. The molecule has 0 aromatic carbocycles. The fraction of sp³-hybridized carbons (Fsp3) is 0.667. The summed E-state index contributed by atoms with van der Waals surface area (Å²) in [6.45, 7) is 6.54. The van der Waals surface area contributed by atoms with E-state index in [1.807, 2.05) is 26.1 Å². The SMILES string of the molecule is CCOc1ncccc1CNC(=NC)NCC1(CC)CCCC1.I. The molecule has 1 aliphatic carbocycles. The number of guanidine groups is 1. The molecule has 0 unspecified atom stereocenters. The maximum absolute atomic E-state index is 5.57. The molecule has 2 rings (SSSR count). The zero-order valence-corrected chi connectivity index (χ0v) is 17.4. The first-order valence-corrected chi connectivity index (χ1v) is 8.74. The highest BCUT2D eigenvalue weighted by atomic mass is 127. The molecule has 1 saturated carbocycles. The van der Waals surface area contributed by atoms with Crippen LogP contribution in [0.2, 0.25) is 0 Å². The highest BCUT2D eigenvalue weighted by Crippen LogP contribution is 2.40. The van der Waals surface area contributed by atoms with E-state index in [0.29, 0.717) is 24.4 Å². The summed E-state index contributed by atoms with van der Waals surface area (Å²) >= 11 is 0. The molecular formula is C18H31IN4O. The topological polar surface area (TPSA) is 58.5 Å². The van der Waals surface area contributed by atoms with E-state index < -0.39 is 0 Å². The molecule has 0 amide bonds. The molecule has 0 radical (unpaired) electrons. The third kappa shape index (κ3) is 5.79. The van der Waals surface area contributed by atoms with Crippen LogP contribution in [0.15, 0.2) is 23.3 Å². The zero-order valence-electron chi connectivity index (χ0n) is 15.1. The van der Waals surface area contributed by atoms with Crippen LogP contribution in [0.3, 0.4) is 0 Å². The third-order valence-electron chi connectivity index (χ3n) is 4.85. The highest BCUT2D eigenvalue weighted by Gasteiger charge is 2.31. The van der Waals surface area contributed by atoms with Crippen LogP contribution in [0.1, 0.15) is 51.5 Å². The van der Waals surface area contributed by atoms with Gasteiger partial charge in [-0.3, -0.25) is 4.99 Å². The maximum atomic E-state index is 5.57. The fourth-order valence-electron chi connectivity index (χ4n) is 3.28. The first-order chi connectivity index (χ1) is 11.2. The zero-order chi connectivity index (χ0) is 16.5. The van der Waals surface area contributed by atoms with Crippen molar-refractivity contribution in [3.8, 4) is 5.88 Å². The van der Waals surface area contributed by atoms with E-state index in [1.54, 1.807) is 6.20 Å². The van der Waals surface area contributed by atoms with E-state index in [0.717, 1.165) is 18.1 Å². The van der Waals surface area contributed by atoms with Gasteiger partial charge in [-0.1, -0.05) is 25.8 Å². The Hall–Kier alpha value is -1.05. The first kappa shape index (κ1) is 21.0. The smallest absolute Gasteiger partial charge is 0.218 e. The number of aromatic nitrogens is 1. The van der Waals surface area contributed by atoms with Crippen LogP contribution in [-0.4, -0.2) is 31.1 Å².